The highest BCUT2D eigenvalue weighted by molar-refractivity contribution is 5.91. The molecule has 114 valence electrons. The third-order valence-corrected chi connectivity index (χ3v) is 3.94. The van der Waals surface area contributed by atoms with Gasteiger partial charge in [-0.2, -0.15) is 0 Å². The molecule has 1 aromatic rings. The highest BCUT2D eigenvalue weighted by atomic mass is 19.1. The quantitative estimate of drug-likeness (QED) is 0.802. The summed E-state index contributed by atoms with van der Waals surface area (Å²) in [6.07, 6.45) is 5.43. The molecule has 0 unspecified atom stereocenters. The van der Waals surface area contributed by atoms with Crippen LogP contribution < -0.4 is 0 Å². The zero-order valence-corrected chi connectivity index (χ0v) is 12.2. The summed E-state index contributed by atoms with van der Waals surface area (Å²) in [5.41, 5.74) is -0.148. The van der Waals surface area contributed by atoms with E-state index in [0.717, 1.165) is 25.7 Å². The molecule has 0 atom stereocenters. The molecule has 0 spiro atoms. The van der Waals surface area contributed by atoms with E-state index in [9.17, 15) is 14.0 Å². The number of halogens is 1. The predicted molar refractivity (Wildman–Crippen MR) is 76.3 cm³/mol. The van der Waals surface area contributed by atoms with E-state index in [1.165, 1.54) is 24.6 Å². The lowest BCUT2D eigenvalue weighted by molar-refractivity contribution is -0.135. The lowest BCUT2D eigenvalue weighted by Gasteiger charge is -2.31. The molecular formula is C16H20FNO3. The van der Waals surface area contributed by atoms with E-state index in [-0.39, 0.29) is 24.1 Å². The molecule has 1 amide bonds. The fourth-order valence-electron chi connectivity index (χ4n) is 2.61. The van der Waals surface area contributed by atoms with Crippen LogP contribution in [-0.4, -0.2) is 36.5 Å². The molecule has 2 rings (SSSR count). The van der Waals surface area contributed by atoms with E-state index in [4.69, 9.17) is 4.74 Å². The molecule has 21 heavy (non-hydrogen) atoms. The Kier molecular flexibility index (Phi) is 5.31. The van der Waals surface area contributed by atoms with Crippen LogP contribution in [0.15, 0.2) is 24.3 Å². The van der Waals surface area contributed by atoms with E-state index < -0.39 is 11.8 Å². The number of hydrogen-bond acceptors (Lipinski definition) is 3. The Morgan fingerprint density at radius 1 is 1.24 bits per heavy atom. The van der Waals surface area contributed by atoms with Gasteiger partial charge in [0.15, 0.2) is 6.61 Å². The van der Waals surface area contributed by atoms with Gasteiger partial charge >= 0.3 is 5.97 Å². The lowest BCUT2D eigenvalue weighted by atomic mass is 9.94. The number of amides is 1. The monoisotopic (exact) mass is 293 g/mol. The molecule has 1 aliphatic carbocycles. The minimum absolute atomic E-state index is 0.148. The highest BCUT2D eigenvalue weighted by Gasteiger charge is 2.23. The van der Waals surface area contributed by atoms with Gasteiger partial charge in [0.25, 0.3) is 5.91 Å². The molecule has 0 radical (unpaired) electrons. The van der Waals surface area contributed by atoms with Crippen LogP contribution in [0, 0.1) is 5.82 Å². The average Bonchev–Trinajstić information content (AvgIpc) is 2.52. The second-order valence-electron chi connectivity index (χ2n) is 5.35. The Bertz CT molecular complexity index is 512. The summed E-state index contributed by atoms with van der Waals surface area (Å²) in [6.45, 7) is -0.347. The Morgan fingerprint density at radius 3 is 2.57 bits per heavy atom. The third kappa shape index (κ3) is 4.03. The number of carbonyl (C=O) groups is 2. The van der Waals surface area contributed by atoms with Gasteiger partial charge in [0.1, 0.15) is 5.82 Å². The van der Waals surface area contributed by atoms with Gasteiger partial charge in [-0.15, -0.1) is 0 Å². The number of nitrogens with zero attached hydrogens (tertiary/aromatic N) is 1. The SMILES string of the molecule is CN(C(=O)COC(=O)c1ccccc1F)C1CCCCC1. The van der Waals surface area contributed by atoms with Crippen molar-refractivity contribution in [2.45, 2.75) is 38.1 Å². The number of hydrogen-bond donors (Lipinski definition) is 0. The van der Waals surface area contributed by atoms with Crippen molar-refractivity contribution in [2.24, 2.45) is 0 Å². The molecule has 1 aliphatic rings. The van der Waals surface area contributed by atoms with E-state index in [0.29, 0.717) is 0 Å². The Balaban J connectivity index is 1.86. The van der Waals surface area contributed by atoms with E-state index in [2.05, 4.69) is 0 Å². The molecule has 4 nitrogen and oxygen atoms in total. The number of carbonyl (C=O) groups excluding carboxylic acids is 2. The van der Waals surface area contributed by atoms with Crippen molar-refractivity contribution in [2.75, 3.05) is 13.7 Å². The summed E-state index contributed by atoms with van der Waals surface area (Å²) in [6, 6.07) is 5.79. The molecule has 0 bridgehead atoms. The van der Waals surface area contributed by atoms with Crippen molar-refractivity contribution in [3.8, 4) is 0 Å². The maximum atomic E-state index is 13.4. The first-order chi connectivity index (χ1) is 10.1. The predicted octanol–water partition coefficient (Wildman–Crippen LogP) is 2.77. The molecule has 0 N–H and O–H groups in total. The first kappa shape index (κ1) is 15.5. The number of ether oxygens (including phenoxy) is 1. The summed E-state index contributed by atoms with van der Waals surface area (Å²) >= 11 is 0. The van der Waals surface area contributed by atoms with Crippen molar-refractivity contribution in [3.63, 3.8) is 0 Å². The van der Waals surface area contributed by atoms with E-state index in [1.807, 2.05) is 0 Å². The number of benzene rings is 1. The molecule has 1 saturated carbocycles. The van der Waals surface area contributed by atoms with Gasteiger partial charge in [-0.1, -0.05) is 31.4 Å². The molecule has 1 aromatic carbocycles. The number of rotatable bonds is 4. The molecule has 0 heterocycles. The van der Waals surface area contributed by atoms with Crippen molar-refractivity contribution >= 4 is 11.9 Å². The second kappa shape index (κ2) is 7.20. The molecule has 0 saturated heterocycles. The first-order valence-corrected chi connectivity index (χ1v) is 7.27. The van der Waals surface area contributed by atoms with E-state index in [1.54, 1.807) is 18.0 Å². The fraction of sp³-hybridized carbons (Fsp3) is 0.500. The smallest absolute Gasteiger partial charge is 0.341 e. The third-order valence-electron chi connectivity index (χ3n) is 3.94. The lowest BCUT2D eigenvalue weighted by Crippen LogP contribution is -2.40. The van der Waals surface area contributed by atoms with Crippen LogP contribution in [-0.2, 0) is 9.53 Å². The standard InChI is InChI=1S/C16H20FNO3/c1-18(12-7-3-2-4-8-12)15(19)11-21-16(20)13-9-5-6-10-14(13)17/h5-6,9-10,12H,2-4,7-8,11H2,1H3. The first-order valence-electron chi connectivity index (χ1n) is 7.27. The number of esters is 1. The molecule has 5 heteroatoms. The zero-order valence-electron chi connectivity index (χ0n) is 12.2. The topological polar surface area (TPSA) is 46.6 Å². The van der Waals surface area contributed by atoms with Crippen molar-refractivity contribution in [1.82, 2.24) is 4.90 Å². The highest BCUT2D eigenvalue weighted by Crippen LogP contribution is 2.21. The van der Waals surface area contributed by atoms with Gasteiger partial charge in [-0.05, 0) is 25.0 Å². The maximum Gasteiger partial charge on any atom is 0.341 e. The van der Waals surface area contributed by atoms with Crippen LogP contribution in [0.1, 0.15) is 42.5 Å². The van der Waals surface area contributed by atoms with Crippen LogP contribution in [0.3, 0.4) is 0 Å². The summed E-state index contributed by atoms with van der Waals surface area (Å²) in [4.78, 5) is 25.4. The van der Waals surface area contributed by atoms with E-state index >= 15 is 0 Å². The Labute approximate surface area is 123 Å². The van der Waals surface area contributed by atoms with Crippen LogP contribution >= 0.6 is 0 Å². The van der Waals surface area contributed by atoms with Gasteiger partial charge in [-0.3, -0.25) is 4.79 Å². The summed E-state index contributed by atoms with van der Waals surface area (Å²) in [7, 11) is 1.73. The fourth-order valence-corrected chi connectivity index (χ4v) is 2.61. The van der Waals surface area contributed by atoms with Crippen LogP contribution in [0.25, 0.3) is 0 Å². The van der Waals surface area contributed by atoms with Crippen molar-refractivity contribution in [3.05, 3.63) is 35.6 Å². The van der Waals surface area contributed by atoms with Crippen molar-refractivity contribution in [1.29, 1.82) is 0 Å². The van der Waals surface area contributed by atoms with Crippen LogP contribution in [0.2, 0.25) is 0 Å². The van der Waals surface area contributed by atoms with Gasteiger partial charge in [0, 0.05) is 13.1 Å². The largest absolute Gasteiger partial charge is 0.452 e. The normalized spacial score (nSPS) is 15.5. The maximum absolute atomic E-state index is 13.4. The van der Waals surface area contributed by atoms with Crippen LogP contribution in [0.5, 0.6) is 0 Å². The second-order valence-corrected chi connectivity index (χ2v) is 5.35. The van der Waals surface area contributed by atoms with Gasteiger partial charge < -0.3 is 9.64 Å². The van der Waals surface area contributed by atoms with Crippen molar-refractivity contribution < 1.29 is 18.7 Å². The number of likely N-dealkylation sites (N-methyl/N-ethyl adjacent to an activating group) is 1. The Hall–Kier alpha value is -1.91. The zero-order chi connectivity index (χ0) is 15.2. The molecule has 1 fully saturated rings. The molecule has 0 aliphatic heterocycles. The Morgan fingerprint density at radius 2 is 1.90 bits per heavy atom. The average molecular weight is 293 g/mol. The summed E-state index contributed by atoms with van der Waals surface area (Å²) < 4.78 is 18.3. The minimum Gasteiger partial charge on any atom is -0.452 e. The van der Waals surface area contributed by atoms with Gasteiger partial charge in [0.2, 0.25) is 0 Å². The molecular weight excluding hydrogens is 273 g/mol. The summed E-state index contributed by atoms with van der Waals surface area (Å²) in [5.74, 6) is -1.69. The minimum atomic E-state index is -0.807. The molecule has 0 aromatic heterocycles. The summed E-state index contributed by atoms with van der Waals surface area (Å²) in [5, 5.41) is 0. The van der Waals surface area contributed by atoms with Gasteiger partial charge in [0.05, 0.1) is 5.56 Å². The van der Waals surface area contributed by atoms with Gasteiger partial charge in [-0.25, -0.2) is 9.18 Å². The van der Waals surface area contributed by atoms with Crippen LogP contribution in [0.4, 0.5) is 4.39 Å².